The summed E-state index contributed by atoms with van der Waals surface area (Å²) in [6.07, 6.45) is -3.81. The Morgan fingerprint density at radius 2 is 1.82 bits per heavy atom. The average molecular weight is 693 g/mol. The molecule has 8 aliphatic rings. The maximum absolute atomic E-state index is 13.4. The molecule has 0 unspecified atom stereocenters. The first kappa shape index (κ1) is 34.3. The molecule has 4 aliphatic heterocycles. The third-order valence-electron chi connectivity index (χ3n) is 13.7. The molecule has 272 valence electrons. The van der Waals surface area contributed by atoms with E-state index in [-0.39, 0.29) is 49.6 Å². The second kappa shape index (κ2) is 11.9. The van der Waals surface area contributed by atoms with Gasteiger partial charge in [0.2, 0.25) is 12.1 Å². The number of carbonyl (C=O) groups is 2. The van der Waals surface area contributed by atoms with Crippen LogP contribution in [0.2, 0.25) is 0 Å². The van der Waals surface area contributed by atoms with Gasteiger partial charge in [-0.05, 0) is 75.2 Å². The molecular weight excluding hydrogens is 644 g/mol. The number of allylic oxidation sites excluding steroid dienone is 1. The Kier molecular flexibility index (Phi) is 8.29. The summed E-state index contributed by atoms with van der Waals surface area (Å²) in [6, 6.07) is 0. The minimum Gasteiger partial charge on any atom is -0.458 e. The quantitative estimate of drug-likeness (QED) is 0.125. The Labute approximate surface area is 283 Å². The standard InChI is InChI=1S/C35H48O14/c1-16-9-25(38)35(49-30-29(42)28(41)27(40)24(13-36)46-30)31(45-16)47-23-12-33(15-37)18(11-22(23)48-35)3-4-21-20(33)5-7-32(2)19(6-8-34(21,32)43)17-10-26(39)44-14-17/h3,10,15-16,19-25,27-31,36,38,40-43H,4-9,11-14H2,1-2H3/t16-,19-,20+,21-,22-,23-,24-,25-,27-,28+,29-,30+,31+,32-,33-,34+,35-/m1/s1. The van der Waals surface area contributed by atoms with Crippen LogP contribution in [0.1, 0.15) is 65.2 Å². The Morgan fingerprint density at radius 1 is 1.02 bits per heavy atom. The summed E-state index contributed by atoms with van der Waals surface area (Å²) >= 11 is 0. The molecule has 0 aromatic rings. The highest BCUT2D eigenvalue weighted by atomic mass is 16.8. The van der Waals surface area contributed by atoms with Gasteiger partial charge in [0, 0.05) is 17.9 Å². The predicted octanol–water partition coefficient (Wildman–Crippen LogP) is -0.255. The van der Waals surface area contributed by atoms with Gasteiger partial charge in [-0.1, -0.05) is 18.6 Å². The summed E-state index contributed by atoms with van der Waals surface area (Å²) in [7, 11) is 0. The molecule has 6 fully saturated rings. The van der Waals surface area contributed by atoms with Crippen molar-refractivity contribution in [2.24, 2.45) is 28.6 Å². The van der Waals surface area contributed by atoms with Crippen molar-refractivity contribution in [2.45, 2.75) is 138 Å². The highest BCUT2D eigenvalue weighted by Crippen LogP contribution is 2.69. The molecule has 0 bridgehead atoms. The number of rotatable bonds is 5. The lowest BCUT2D eigenvalue weighted by atomic mass is 9.45. The Morgan fingerprint density at radius 3 is 2.53 bits per heavy atom. The number of aldehydes is 1. The highest BCUT2D eigenvalue weighted by molar-refractivity contribution is 5.85. The van der Waals surface area contributed by atoms with Crippen LogP contribution in [-0.4, -0.2) is 129 Å². The molecule has 4 aliphatic carbocycles. The second-order valence-electron chi connectivity index (χ2n) is 15.9. The number of fused-ring (bicyclic) bond motifs is 7. The summed E-state index contributed by atoms with van der Waals surface area (Å²) in [5.41, 5.74) is -0.633. The van der Waals surface area contributed by atoms with Crippen LogP contribution in [0.4, 0.5) is 0 Å². The van der Waals surface area contributed by atoms with Crippen LogP contribution in [0.25, 0.3) is 0 Å². The van der Waals surface area contributed by atoms with Crippen molar-refractivity contribution in [3.8, 4) is 0 Å². The Hall–Kier alpha value is -1.82. The van der Waals surface area contributed by atoms with E-state index in [0.29, 0.717) is 25.7 Å². The molecule has 4 heterocycles. The van der Waals surface area contributed by atoms with Crippen LogP contribution >= 0.6 is 0 Å². The monoisotopic (exact) mass is 692 g/mol. The smallest absolute Gasteiger partial charge is 0.331 e. The van der Waals surface area contributed by atoms with Gasteiger partial charge in [0.25, 0.3) is 0 Å². The van der Waals surface area contributed by atoms with Crippen molar-refractivity contribution in [1.82, 2.24) is 0 Å². The molecule has 8 rings (SSSR count). The molecule has 0 spiro atoms. The number of cyclic esters (lactones) is 1. The lowest BCUT2D eigenvalue weighted by Crippen LogP contribution is -2.73. The molecule has 0 amide bonds. The van der Waals surface area contributed by atoms with Crippen LogP contribution in [0.3, 0.4) is 0 Å². The zero-order valence-electron chi connectivity index (χ0n) is 27.8. The molecule has 17 atom stereocenters. The maximum Gasteiger partial charge on any atom is 0.331 e. The van der Waals surface area contributed by atoms with E-state index in [0.717, 1.165) is 23.9 Å². The number of aliphatic hydroxyl groups excluding tert-OH is 5. The Balaban J connectivity index is 1.08. The number of hydrogen-bond donors (Lipinski definition) is 6. The zero-order valence-corrected chi connectivity index (χ0v) is 27.8. The van der Waals surface area contributed by atoms with Gasteiger partial charge >= 0.3 is 5.97 Å². The van der Waals surface area contributed by atoms with Gasteiger partial charge in [0.1, 0.15) is 43.4 Å². The summed E-state index contributed by atoms with van der Waals surface area (Å²) in [5, 5.41) is 65.3. The maximum atomic E-state index is 13.4. The normalized spacial score (nSPS) is 55.1. The molecule has 6 N–H and O–H groups in total. The molecule has 3 saturated carbocycles. The van der Waals surface area contributed by atoms with Crippen molar-refractivity contribution < 1.29 is 68.6 Å². The SMILES string of the molecule is C[C@@H]1C[C@@H](O)[C@]2(O[C@@H]3O[C@H](CO)[C@@H](O)[C@H](O)[C@H]3O)O[C@@H]3CC4=CC[C@@H]5[C@H](CC[C@]6(C)[C@@H](C7=CC(=O)OC7)CC[C@]56O)[C@@]4(C=O)C[C@H]3O[C@@H]2O1. The molecule has 0 aromatic carbocycles. The predicted molar refractivity (Wildman–Crippen MR) is 164 cm³/mol. The van der Waals surface area contributed by atoms with Crippen molar-refractivity contribution in [3.05, 3.63) is 23.3 Å². The van der Waals surface area contributed by atoms with Crippen LogP contribution in [0, 0.1) is 28.6 Å². The number of hydrogen-bond acceptors (Lipinski definition) is 14. The summed E-state index contributed by atoms with van der Waals surface area (Å²) in [4.78, 5) is 25.3. The van der Waals surface area contributed by atoms with E-state index >= 15 is 0 Å². The van der Waals surface area contributed by atoms with Gasteiger partial charge < -0.3 is 63.9 Å². The molecule has 14 nitrogen and oxygen atoms in total. The lowest BCUT2D eigenvalue weighted by molar-refractivity contribution is -0.492. The van der Waals surface area contributed by atoms with Crippen LogP contribution in [0.15, 0.2) is 23.3 Å². The first-order valence-electron chi connectivity index (χ1n) is 17.7. The number of carbonyl (C=O) groups excluding carboxylic acids is 2. The molecular formula is C35H48O14. The number of ether oxygens (including phenoxy) is 6. The van der Waals surface area contributed by atoms with Gasteiger partial charge in [-0.15, -0.1) is 0 Å². The minimum atomic E-state index is -2.00. The van der Waals surface area contributed by atoms with E-state index in [1.54, 1.807) is 13.0 Å². The van der Waals surface area contributed by atoms with E-state index in [1.165, 1.54) is 0 Å². The van der Waals surface area contributed by atoms with E-state index in [9.17, 15) is 40.2 Å². The molecule has 0 radical (unpaired) electrons. The molecule has 49 heavy (non-hydrogen) atoms. The largest absolute Gasteiger partial charge is 0.458 e. The molecule has 3 saturated heterocycles. The lowest BCUT2D eigenvalue weighted by Gasteiger charge is -2.63. The van der Waals surface area contributed by atoms with Crippen LogP contribution in [0.5, 0.6) is 0 Å². The fourth-order valence-corrected chi connectivity index (χ4v) is 11.1. The van der Waals surface area contributed by atoms with Gasteiger partial charge in [0.05, 0.1) is 35.9 Å². The van der Waals surface area contributed by atoms with Gasteiger partial charge in [-0.3, -0.25) is 0 Å². The topological polar surface area (TPSA) is 211 Å². The number of esters is 1. The van der Waals surface area contributed by atoms with Gasteiger partial charge in [0.15, 0.2) is 6.29 Å². The first-order chi connectivity index (χ1) is 23.3. The molecule has 14 heteroatoms. The van der Waals surface area contributed by atoms with Gasteiger partial charge in [-0.25, -0.2) is 4.79 Å². The van der Waals surface area contributed by atoms with Crippen LogP contribution in [-0.2, 0) is 38.0 Å². The molecule has 0 aromatic heterocycles. The van der Waals surface area contributed by atoms with E-state index < -0.39 is 90.2 Å². The third kappa shape index (κ3) is 4.79. The van der Waals surface area contributed by atoms with Crippen molar-refractivity contribution >= 4 is 12.3 Å². The summed E-state index contributed by atoms with van der Waals surface area (Å²) in [6.45, 7) is 3.47. The summed E-state index contributed by atoms with van der Waals surface area (Å²) in [5.74, 6) is -2.67. The first-order valence-corrected chi connectivity index (χ1v) is 17.7. The fourth-order valence-electron chi connectivity index (χ4n) is 11.1. The van der Waals surface area contributed by atoms with Crippen molar-refractivity contribution in [3.63, 3.8) is 0 Å². The van der Waals surface area contributed by atoms with E-state index in [2.05, 4.69) is 13.0 Å². The van der Waals surface area contributed by atoms with Crippen molar-refractivity contribution in [2.75, 3.05) is 13.2 Å². The second-order valence-corrected chi connectivity index (χ2v) is 15.9. The highest BCUT2D eigenvalue weighted by Gasteiger charge is 2.70. The summed E-state index contributed by atoms with van der Waals surface area (Å²) < 4.78 is 36.3. The van der Waals surface area contributed by atoms with E-state index in [4.69, 9.17) is 28.4 Å². The fraction of sp³-hybridized carbons (Fsp3) is 0.829. The van der Waals surface area contributed by atoms with Gasteiger partial charge in [-0.2, -0.15) is 0 Å². The minimum absolute atomic E-state index is 0.0157. The third-order valence-corrected chi connectivity index (χ3v) is 13.7. The number of aliphatic hydroxyl groups is 6. The average Bonchev–Trinajstić information content (AvgIpc) is 3.62. The van der Waals surface area contributed by atoms with Crippen LogP contribution < -0.4 is 0 Å². The van der Waals surface area contributed by atoms with E-state index in [1.807, 2.05) is 0 Å². The van der Waals surface area contributed by atoms with Crippen molar-refractivity contribution in [1.29, 1.82) is 0 Å². The Bertz CT molecular complexity index is 1420. The zero-order chi connectivity index (χ0) is 34.7.